The molecular formula is C13H17N5O3. The van der Waals surface area contributed by atoms with Gasteiger partial charge in [0, 0.05) is 32.3 Å². The maximum absolute atomic E-state index is 11.0. The second kappa shape index (κ2) is 6.80. The second-order valence-corrected chi connectivity index (χ2v) is 4.33. The fourth-order valence-electron chi connectivity index (χ4n) is 1.85. The van der Waals surface area contributed by atoms with Gasteiger partial charge >= 0.3 is 5.97 Å². The number of hydrogen-bond acceptors (Lipinski definition) is 6. The first kappa shape index (κ1) is 14.9. The van der Waals surface area contributed by atoms with Gasteiger partial charge in [-0.05, 0) is 12.1 Å². The van der Waals surface area contributed by atoms with Gasteiger partial charge < -0.3 is 15.2 Å². The summed E-state index contributed by atoms with van der Waals surface area (Å²) in [6.45, 7) is 0.237. The summed E-state index contributed by atoms with van der Waals surface area (Å²) in [5.41, 5.74) is 0.756. The predicted octanol–water partition coefficient (Wildman–Crippen LogP) is 0.655. The van der Waals surface area contributed by atoms with Gasteiger partial charge in [0.2, 0.25) is 0 Å². The van der Waals surface area contributed by atoms with Crippen LogP contribution in [0.1, 0.15) is 5.82 Å². The number of pyridine rings is 1. The Bertz CT molecular complexity index is 626. The van der Waals surface area contributed by atoms with Crippen molar-refractivity contribution in [1.82, 2.24) is 19.7 Å². The molecule has 0 amide bonds. The summed E-state index contributed by atoms with van der Waals surface area (Å²) in [7, 11) is 3.36. The fourth-order valence-corrected chi connectivity index (χ4v) is 1.85. The van der Waals surface area contributed by atoms with Gasteiger partial charge in [0.05, 0.1) is 6.61 Å². The van der Waals surface area contributed by atoms with Crippen molar-refractivity contribution in [2.24, 2.45) is 0 Å². The molecule has 0 aliphatic heterocycles. The highest BCUT2D eigenvalue weighted by atomic mass is 16.5. The summed E-state index contributed by atoms with van der Waals surface area (Å²) in [4.78, 5) is 19.5. The number of ether oxygens (including phenoxy) is 1. The molecule has 8 heteroatoms. The number of carboxylic acid groups (broad SMARTS) is 1. The molecule has 8 nitrogen and oxygen atoms in total. The van der Waals surface area contributed by atoms with E-state index in [9.17, 15) is 4.79 Å². The van der Waals surface area contributed by atoms with Gasteiger partial charge in [0.25, 0.3) is 0 Å². The van der Waals surface area contributed by atoms with Crippen LogP contribution in [-0.2, 0) is 22.5 Å². The van der Waals surface area contributed by atoms with Crippen LogP contribution in [0, 0.1) is 0 Å². The van der Waals surface area contributed by atoms with Crippen LogP contribution in [0.15, 0.2) is 18.3 Å². The lowest BCUT2D eigenvalue weighted by atomic mass is 10.2. The number of anilines is 1. The topological polar surface area (TPSA) is 102 Å². The van der Waals surface area contributed by atoms with Crippen LogP contribution in [0.2, 0.25) is 0 Å². The Hall–Kier alpha value is -2.48. The van der Waals surface area contributed by atoms with E-state index >= 15 is 0 Å². The maximum Gasteiger partial charge on any atom is 0.325 e. The van der Waals surface area contributed by atoms with Gasteiger partial charge in [0.1, 0.15) is 12.4 Å². The summed E-state index contributed by atoms with van der Waals surface area (Å²) in [6, 6.07) is 3.56. The summed E-state index contributed by atoms with van der Waals surface area (Å²) in [6.07, 6.45) is 2.16. The number of nitrogens with one attached hydrogen (secondary N) is 1. The van der Waals surface area contributed by atoms with Crippen LogP contribution < -0.4 is 5.32 Å². The Morgan fingerprint density at radius 2 is 2.33 bits per heavy atom. The van der Waals surface area contributed by atoms with Gasteiger partial charge in [-0.2, -0.15) is 5.10 Å². The highest BCUT2D eigenvalue weighted by Gasteiger charge is 2.14. The van der Waals surface area contributed by atoms with Gasteiger partial charge in [-0.25, -0.2) is 14.6 Å². The largest absolute Gasteiger partial charge is 0.480 e. The average molecular weight is 291 g/mol. The van der Waals surface area contributed by atoms with E-state index in [1.54, 1.807) is 32.5 Å². The van der Waals surface area contributed by atoms with Gasteiger partial charge in [0.15, 0.2) is 11.6 Å². The van der Waals surface area contributed by atoms with E-state index in [-0.39, 0.29) is 6.54 Å². The molecule has 0 unspecified atom stereocenters. The molecule has 0 saturated carbocycles. The monoisotopic (exact) mass is 291 g/mol. The molecule has 0 bridgehead atoms. The molecule has 0 radical (unpaired) electrons. The molecule has 2 N–H and O–H groups in total. The Labute approximate surface area is 121 Å². The molecule has 2 aromatic rings. The third-order valence-electron chi connectivity index (χ3n) is 2.80. The van der Waals surface area contributed by atoms with Crippen LogP contribution in [0.25, 0.3) is 11.4 Å². The predicted molar refractivity (Wildman–Crippen MR) is 76.0 cm³/mol. The zero-order valence-corrected chi connectivity index (χ0v) is 11.9. The number of methoxy groups -OCH3 is 1. The molecule has 21 heavy (non-hydrogen) atoms. The molecule has 0 aliphatic rings. The van der Waals surface area contributed by atoms with Crippen molar-refractivity contribution in [3.05, 3.63) is 24.2 Å². The Morgan fingerprint density at radius 3 is 3.00 bits per heavy atom. The maximum atomic E-state index is 11.0. The zero-order valence-electron chi connectivity index (χ0n) is 11.9. The lowest BCUT2D eigenvalue weighted by Gasteiger charge is -2.04. The van der Waals surface area contributed by atoms with Crippen molar-refractivity contribution in [3.8, 4) is 11.4 Å². The zero-order chi connectivity index (χ0) is 15.2. The minimum atomic E-state index is -0.970. The van der Waals surface area contributed by atoms with E-state index in [4.69, 9.17) is 9.84 Å². The van der Waals surface area contributed by atoms with Crippen LogP contribution >= 0.6 is 0 Å². The van der Waals surface area contributed by atoms with Crippen molar-refractivity contribution < 1.29 is 14.6 Å². The highest BCUT2D eigenvalue weighted by Crippen LogP contribution is 2.19. The normalized spacial score (nSPS) is 10.6. The number of aliphatic carboxylic acids is 1. The van der Waals surface area contributed by atoms with Crippen molar-refractivity contribution in [2.75, 3.05) is 26.1 Å². The molecule has 112 valence electrons. The summed E-state index contributed by atoms with van der Waals surface area (Å²) >= 11 is 0. The quantitative estimate of drug-likeness (QED) is 0.772. The number of carbonyl (C=O) groups is 1. The molecule has 2 aromatic heterocycles. The van der Waals surface area contributed by atoms with E-state index in [1.165, 1.54) is 4.68 Å². The molecule has 0 aliphatic carbocycles. The molecule has 0 atom stereocenters. The molecular weight excluding hydrogens is 274 g/mol. The number of carboxylic acids is 1. The number of hydrogen-bond donors (Lipinski definition) is 2. The fraction of sp³-hybridized carbons (Fsp3) is 0.385. The first-order valence-electron chi connectivity index (χ1n) is 6.42. The molecule has 0 aromatic carbocycles. The smallest absolute Gasteiger partial charge is 0.325 e. The van der Waals surface area contributed by atoms with Crippen molar-refractivity contribution in [1.29, 1.82) is 0 Å². The average Bonchev–Trinajstić information content (AvgIpc) is 2.87. The molecule has 0 saturated heterocycles. The number of nitrogens with zero attached hydrogens (tertiary/aromatic N) is 4. The van der Waals surface area contributed by atoms with Crippen molar-refractivity contribution in [2.45, 2.75) is 13.0 Å². The molecule has 2 heterocycles. The van der Waals surface area contributed by atoms with Crippen LogP contribution in [-0.4, -0.2) is 51.6 Å². The van der Waals surface area contributed by atoms with E-state index in [0.29, 0.717) is 30.5 Å². The van der Waals surface area contributed by atoms with Gasteiger partial charge in [-0.3, -0.25) is 4.79 Å². The van der Waals surface area contributed by atoms with Crippen molar-refractivity contribution >= 4 is 11.8 Å². The Kier molecular flexibility index (Phi) is 4.83. The Balaban J connectivity index is 2.38. The van der Waals surface area contributed by atoms with Gasteiger partial charge in [-0.1, -0.05) is 0 Å². The first-order chi connectivity index (χ1) is 10.1. The van der Waals surface area contributed by atoms with E-state index in [0.717, 1.165) is 5.56 Å². The molecule has 2 rings (SSSR count). The number of aromatic nitrogens is 4. The summed E-state index contributed by atoms with van der Waals surface area (Å²) < 4.78 is 6.37. The van der Waals surface area contributed by atoms with Gasteiger partial charge in [-0.15, -0.1) is 0 Å². The van der Waals surface area contributed by atoms with E-state index in [2.05, 4.69) is 20.4 Å². The van der Waals surface area contributed by atoms with Crippen LogP contribution in [0.4, 0.5) is 5.82 Å². The third kappa shape index (κ3) is 3.76. The molecule has 0 spiro atoms. The lowest BCUT2D eigenvalue weighted by molar-refractivity contribution is -0.137. The Morgan fingerprint density at radius 1 is 1.52 bits per heavy atom. The summed E-state index contributed by atoms with van der Waals surface area (Å²) in [5, 5.41) is 16.1. The standard InChI is InChI=1S/C13H17N5O3/c1-14-11-7-9(3-5-15-11)13-16-10(4-6-21-2)17-18(13)8-12(19)20/h3,5,7H,4,6,8H2,1-2H3,(H,14,15)(H,19,20). The minimum absolute atomic E-state index is 0.244. The van der Waals surface area contributed by atoms with E-state index in [1.807, 2.05) is 0 Å². The number of rotatable bonds is 7. The second-order valence-electron chi connectivity index (χ2n) is 4.33. The van der Waals surface area contributed by atoms with Crippen LogP contribution in [0.3, 0.4) is 0 Å². The summed E-state index contributed by atoms with van der Waals surface area (Å²) in [5.74, 6) is 0.761. The first-order valence-corrected chi connectivity index (χ1v) is 6.42. The highest BCUT2D eigenvalue weighted by molar-refractivity contribution is 5.68. The third-order valence-corrected chi connectivity index (χ3v) is 2.80. The van der Waals surface area contributed by atoms with Crippen LogP contribution in [0.5, 0.6) is 0 Å². The SMILES string of the molecule is CNc1cc(-c2nc(CCOC)nn2CC(=O)O)ccn1. The minimum Gasteiger partial charge on any atom is -0.480 e. The molecule has 0 fully saturated rings. The lowest BCUT2D eigenvalue weighted by Crippen LogP contribution is -2.12. The van der Waals surface area contributed by atoms with E-state index < -0.39 is 5.97 Å². The van der Waals surface area contributed by atoms with Crippen molar-refractivity contribution in [3.63, 3.8) is 0 Å².